The van der Waals surface area contributed by atoms with Crippen molar-refractivity contribution in [2.24, 2.45) is 5.92 Å². The quantitative estimate of drug-likeness (QED) is 0.884. The Morgan fingerprint density at radius 1 is 1.10 bits per heavy atom. The van der Waals surface area contributed by atoms with Gasteiger partial charge in [-0.15, -0.1) is 0 Å². The molecule has 0 spiro atoms. The van der Waals surface area contributed by atoms with Crippen LogP contribution in [0, 0.1) is 5.92 Å². The minimum Gasteiger partial charge on any atom is -0.332 e. The maximum atomic E-state index is 12.1. The third-order valence-electron chi connectivity index (χ3n) is 3.27. The number of carbonyl (C=O) groups excluding carboxylic acids is 1. The molecule has 0 aliphatic carbocycles. The fourth-order valence-corrected chi connectivity index (χ4v) is 2.16. The molecule has 0 saturated carbocycles. The van der Waals surface area contributed by atoms with Crippen molar-refractivity contribution >= 4 is 6.03 Å². The predicted molar refractivity (Wildman–Crippen MR) is 83.6 cm³/mol. The van der Waals surface area contributed by atoms with Crippen LogP contribution in [0.2, 0.25) is 0 Å². The van der Waals surface area contributed by atoms with E-state index >= 15 is 0 Å². The summed E-state index contributed by atoms with van der Waals surface area (Å²) in [6, 6.07) is 15.5. The number of nitrogens with zero attached hydrogens (tertiary/aromatic N) is 1. The number of urea groups is 1. The molecule has 0 radical (unpaired) electrons. The minimum absolute atomic E-state index is 0.00469. The third kappa shape index (κ3) is 4.60. The summed E-state index contributed by atoms with van der Waals surface area (Å²) < 4.78 is 0. The van der Waals surface area contributed by atoms with E-state index in [1.54, 1.807) is 6.20 Å². The summed E-state index contributed by atoms with van der Waals surface area (Å²) in [7, 11) is 0. The minimum atomic E-state index is -0.178. The molecule has 1 aromatic carbocycles. The van der Waals surface area contributed by atoms with Gasteiger partial charge in [-0.3, -0.25) is 4.98 Å². The van der Waals surface area contributed by atoms with Gasteiger partial charge in [0.1, 0.15) is 0 Å². The van der Waals surface area contributed by atoms with E-state index in [-0.39, 0.29) is 12.1 Å². The summed E-state index contributed by atoms with van der Waals surface area (Å²) in [5.74, 6) is 0.313. The molecule has 1 unspecified atom stereocenters. The SMILES string of the molecule is CC(C)C(NC(=O)NCc1ccccn1)c1ccccc1. The van der Waals surface area contributed by atoms with Crippen molar-refractivity contribution in [2.75, 3.05) is 0 Å². The van der Waals surface area contributed by atoms with Crippen molar-refractivity contribution in [3.8, 4) is 0 Å². The lowest BCUT2D eigenvalue weighted by atomic mass is 9.96. The van der Waals surface area contributed by atoms with Gasteiger partial charge in [0.25, 0.3) is 0 Å². The summed E-state index contributed by atoms with van der Waals surface area (Å²) in [6.45, 7) is 4.61. The zero-order valence-electron chi connectivity index (χ0n) is 12.4. The molecule has 2 amide bonds. The first-order chi connectivity index (χ1) is 10.2. The Labute approximate surface area is 125 Å². The number of benzene rings is 1. The van der Waals surface area contributed by atoms with E-state index in [4.69, 9.17) is 0 Å². The molecule has 2 rings (SSSR count). The van der Waals surface area contributed by atoms with Gasteiger partial charge < -0.3 is 10.6 Å². The number of amides is 2. The van der Waals surface area contributed by atoms with E-state index in [9.17, 15) is 4.79 Å². The topological polar surface area (TPSA) is 54.0 Å². The second kappa shape index (κ2) is 7.43. The van der Waals surface area contributed by atoms with E-state index in [0.29, 0.717) is 12.5 Å². The van der Waals surface area contributed by atoms with E-state index in [1.165, 1.54) is 0 Å². The first-order valence-corrected chi connectivity index (χ1v) is 7.16. The van der Waals surface area contributed by atoms with Crippen molar-refractivity contribution in [3.05, 3.63) is 66.0 Å². The van der Waals surface area contributed by atoms with Gasteiger partial charge in [0.2, 0.25) is 0 Å². The predicted octanol–water partition coefficient (Wildman–Crippen LogP) is 3.28. The lowest BCUT2D eigenvalue weighted by molar-refractivity contribution is 0.232. The summed E-state index contributed by atoms with van der Waals surface area (Å²) in [6.07, 6.45) is 1.72. The molecule has 1 atom stereocenters. The van der Waals surface area contributed by atoms with Crippen LogP contribution < -0.4 is 10.6 Å². The van der Waals surface area contributed by atoms with Crippen LogP contribution in [-0.4, -0.2) is 11.0 Å². The third-order valence-corrected chi connectivity index (χ3v) is 3.27. The van der Waals surface area contributed by atoms with Crippen LogP contribution in [0.15, 0.2) is 54.7 Å². The molecule has 0 saturated heterocycles. The van der Waals surface area contributed by atoms with Crippen LogP contribution >= 0.6 is 0 Å². The Kier molecular flexibility index (Phi) is 5.32. The molecule has 2 N–H and O–H groups in total. The first kappa shape index (κ1) is 15.0. The number of hydrogen-bond donors (Lipinski definition) is 2. The maximum Gasteiger partial charge on any atom is 0.315 e. The zero-order chi connectivity index (χ0) is 15.1. The fourth-order valence-electron chi connectivity index (χ4n) is 2.16. The molecular formula is C17H21N3O. The molecular weight excluding hydrogens is 262 g/mol. The molecule has 0 bridgehead atoms. The fraction of sp³-hybridized carbons (Fsp3) is 0.294. The van der Waals surface area contributed by atoms with Gasteiger partial charge in [-0.05, 0) is 23.6 Å². The summed E-state index contributed by atoms with van der Waals surface area (Å²) in [4.78, 5) is 16.2. The van der Waals surface area contributed by atoms with Crippen LogP contribution in [0.3, 0.4) is 0 Å². The second-order valence-electron chi connectivity index (χ2n) is 5.28. The highest BCUT2D eigenvalue weighted by Crippen LogP contribution is 2.20. The lowest BCUT2D eigenvalue weighted by Gasteiger charge is -2.23. The summed E-state index contributed by atoms with van der Waals surface area (Å²) in [5, 5.41) is 5.87. The Morgan fingerprint density at radius 2 is 1.81 bits per heavy atom. The van der Waals surface area contributed by atoms with Crippen LogP contribution in [0.25, 0.3) is 0 Å². The number of carbonyl (C=O) groups is 1. The number of nitrogens with one attached hydrogen (secondary N) is 2. The Morgan fingerprint density at radius 3 is 2.43 bits per heavy atom. The second-order valence-corrected chi connectivity index (χ2v) is 5.28. The highest BCUT2D eigenvalue weighted by atomic mass is 16.2. The Bertz CT molecular complexity index is 555. The monoisotopic (exact) mass is 283 g/mol. The van der Waals surface area contributed by atoms with E-state index < -0.39 is 0 Å². The van der Waals surface area contributed by atoms with Crippen LogP contribution in [0.4, 0.5) is 4.79 Å². The van der Waals surface area contributed by atoms with Crippen molar-refractivity contribution in [2.45, 2.75) is 26.4 Å². The summed E-state index contributed by atoms with van der Waals surface area (Å²) >= 11 is 0. The molecule has 21 heavy (non-hydrogen) atoms. The molecule has 2 aromatic rings. The molecule has 1 aromatic heterocycles. The number of pyridine rings is 1. The van der Waals surface area contributed by atoms with E-state index in [1.807, 2.05) is 48.5 Å². The molecule has 4 heteroatoms. The molecule has 0 aliphatic heterocycles. The summed E-state index contributed by atoms with van der Waals surface area (Å²) in [5.41, 5.74) is 1.95. The maximum absolute atomic E-state index is 12.1. The number of hydrogen-bond acceptors (Lipinski definition) is 2. The Hall–Kier alpha value is -2.36. The van der Waals surface area contributed by atoms with Gasteiger partial charge >= 0.3 is 6.03 Å². The van der Waals surface area contributed by atoms with Gasteiger partial charge in [0.15, 0.2) is 0 Å². The average Bonchev–Trinajstić information content (AvgIpc) is 2.52. The zero-order valence-corrected chi connectivity index (χ0v) is 12.4. The number of rotatable bonds is 5. The Balaban J connectivity index is 1.93. The lowest BCUT2D eigenvalue weighted by Crippen LogP contribution is -2.39. The standard InChI is InChI=1S/C17H21N3O/c1-13(2)16(14-8-4-3-5-9-14)20-17(21)19-12-15-10-6-7-11-18-15/h3-11,13,16H,12H2,1-2H3,(H2,19,20,21). The first-order valence-electron chi connectivity index (χ1n) is 7.16. The van der Waals surface area contributed by atoms with Crippen molar-refractivity contribution < 1.29 is 4.79 Å². The highest BCUT2D eigenvalue weighted by Gasteiger charge is 2.17. The van der Waals surface area contributed by atoms with Crippen molar-refractivity contribution in [1.29, 1.82) is 0 Å². The van der Waals surface area contributed by atoms with Crippen molar-refractivity contribution in [1.82, 2.24) is 15.6 Å². The molecule has 0 fully saturated rings. The van der Waals surface area contributed by atoms with Gasteiger partial charge in [-0.25, -0.2) is 4.79 Å². The van der Waals surface area contributed by atoms with Crippen LogP contribution in [0.5, 0.6) is 0 Å². The largest absolute Gasteiger partial charge is 0.332 e. The van der Waals surface area contributed by atoms with Gasteiger partial charge in [0.05, 0.1) is 18.3 Å². The van der Waals surface area contributed by atoms with Crippen LogP contribution in [-0.2, 0) is 6.54 Å². The molecule has 1 heterocycles. The van der Waals surface area contributed by atoms with E-state index in [2.05, 4.69) is 29.5 Å². The molecule has 4 nitrogen and oxygen atoms in total. The van der Waals surface area contributed by atoms with E-state index in [0.717, 1.165) is 11.3 Å². The van der Waals surface area contributed by atoms with Gasteiger partial charge in [0, 0.05) is 6.20 Å². The average molecular weight is 283 g/mol. The highest BCUT2D eigenvalue weighted by molar-refractivity contribution is 5.74. The van der Waals surface area contributed by atoms with Crippen molar-refractivity contribution in [3.63, 3.8) is 0 Å². The molecule has 0 aliphatic rings. The van der Waals surface area contributed by atoms with Crippen LogP contribution in [0.1, 0.15) is 31.1 Å². The number of aromatic nitrogens is 1. The molecule has 110 valence electrons. The van der Waals surface area contributed by atoms with Gasteiger partial charge in [-0.1, -0.05) is 50.2 Å². The smallest absolute Gasteiger partial charge is 0.315 e. The normalized spacial score (nSPS) is 12.0. The van der Waals surface area contributed by atoms with Gasteiger partial charge in [-0.2, -0.15) is 0 Å².